The van der Waals surface area contributed by atoms with Gasteiger partial charge in [0.15, 0.2) is 18.9 Å². The molecule has 3 atom stereocenters. The maximum Gasteiger partial charge on any atom is 0.352 e. The van der Waals surface area contributed by atoms with Crippen molar-refractivity contribution < 1.29 is 24.4 Å². The molecule has 0 aliphatic carbocycles. The molecule has 0 saturated carbocycles. The second kappa shape index (κ2) is 6.76. The average Bonchev–Trinajstić information content (AvgIpc) is 2.97. The molecule has 7 heteroatoms. The fourth-order valence-electron chi connectivity index (χ4n) is 4.19. The molecule has 0 spiro atoms. The number of carbonyl (C=O) groups is 2. The number of carbonyl (C=O) groups excluding carboxylic acids is 1. The number of nitrogens with two attached hydrogens (primary N) is 1. The molecular formula is C21H22N3O4+. The Morgan fingerprint density at radius 2 is 2.04 bits per heavy atom. The van der Waals surface area contributed by atoms with E-state index in [1.54, 1.807) is 6.92 Å². The van der Waals surface area contributed by atoms with Gasteiger partial charge in [-0.2, -0.15) is 4.57 Å². The standard InChI is InChI=1S/C21H21N3O4/c1-12(25)18-17-9-16(19(21(27)28)24(17)20(18)26)14-6-4-13(5-7-14)10-23-8-2-3-15(22)11-23/h2-8,11-12,17-18,25H,9-10,22H2,1H3/p+1/t12-,17-,18-/m1/s1. The van der Waals surface area contributed by atoms with Gasteiger partial charge >= 0.3 is 5.97 Å². The zero-order valence-corrected chi connectivity index (χ0v) is 15.4. The van der Waals surface area contributed by atoms with E-state index in [9.17, 15) is 19.8 Å². The van der Waals surface area contributed by atoms with Gasteiger partial charge in [-0.25, -0.2) is 4.79 Å². The second-order valence-corrected chi connectivity index (χ2v) is 7.38. The Labute approximate surface area is 162 Å². The van der Waals surface area contributed by atoms with Crippen molar-refractivity contribution in [3.05, 3.63) is 65.6 Å². The summed E-state index contributed by atoms with van der Waals surface area (Å²) in [4.78, 5) is 25.4. The molecule has 1 aromatic heterocycles. The van der Waals surface area contributed by atoms with E-state index < -0.39 is 18.0 Å². The molecule has 0 unspecified atom stereocenters. The smallest absolute Gasteiger partial charge is 0.352 e. The van der Waals surface area contributed by atoms with Crippen molar-refractivity contribution in [2.45, 2.75) is 32.0 Å². The number of aliphatic hydroxyl groups is 1. The monoisotopic (exact) mass is 380 g/mol. The van der Waals surface area contributed by atoms with E-state index in [0.29, 0.717) is 24.2 Å². The first-order valence-electron chi connectivity index (χ1n) is 9.18. The number of carboxylic acid groups (broad SMARTS) is 1. The normalized spacial score (nSPS) is 22.1. The first-order valence-corrected chi connectivity index (χ1v) is 9.18. The molecule has 3 heterocycles. The number of aliphatic hydroxyl groups excluding tert-OH is 1. The van der Waals surface area contributed by atoms with Crippen LogP contribution in [-0.2, 0) is 16.1 Å². The maximum absolute atomic E-state index is 12.3. The summed E-state index contributed by atoms with van der Waals surface area (Å²) in [5.74, 6) is -1.97. The van der Waals surface area contributed by atoms with Gasteiger partial charge in [0, 0.05) is 11.6 Å². The fraction of sp³-hybridized carbons (Fsp3) is 0.286. The van der Waals surface area contributed by atoms with Crippen LogP contribution < -0.4 is 10.3 Å². The number of hydrogen-bond donors (Lipinski definition) is 3. The number of β-lactam (4-membered cyclic amide) rings is 1. The molecule has 144 valence electrons. The van der Waals surface area contributed by atoms with Crippen molar-refractivity contribution in [2.75, 3.05) is 5.73 Å². The molecule has 1 fully saturated rings. The van der Waals surface area contributed by atoms with Gasteiger partial charge in [0.2, 0.25) is 5.91 Å². The predicted molar refractivity (Wildman–Crippen MR) is 102 cm³/mol. The number of anilines is 1. The number of rotatable bonds is 5. The highest BCUT2D eigenvalue weighted by Gasteiger charge is 2.56. The number of nitrogen functional groups attached to an aromatic ring is 1. The molecule has 0 bridgehead atoms. The van der Waals surface area contributed by atoms with Crippen molar-refractivity contribution in [1.29, 1.82) is 0 Å². The Morgan fingerprint density at radius 3 is 2.64 bits per heavy atom. The Hall–Kier alpha value is -3.19. The van der Waals surface area contributed by atoms with Crippen molar-refractivity contribution >= 4 is 23.1 Å². The van der Waals surface area contributed by atoms with Gasteiger partial charge < -0.3 is 20.8 Å². The predicted octanol–water partition coefficient (Wildman–Crippen LogP) is 1.01. The highest BCUT2D eigenvalue weighted by molar-refractivity contribution is 6.06. The third-order valence-corrected chi connectivity index (χ3v) is 5.48. The van der Waals surface area contributed by atoms with E-state index in [0.717, 1.165) is 11.1 Å². The number of benzene rings is 1. The zero-order valence-electron chi connectivity index (χ0n) is 15.4. The molecule has 1 saturated heterocycles. The van der Waals surface area contributed by atoms with Crippen LogP contribution in [0, 0.1) is 5.92 Å². The molecular weight excluding hydrogens is 358 g/mol. The second-order valence-electron chi connectivity index (χ2n) is 7.38. The van der Waals surface area contributed by atoms with Crippen molar-refractivity contribution in [3.8, 4) is 0 Å². The molecule has 2 aromatic rings. The average molecular weight is 380 g/mol. The van der Waals surface area contributed by atoms with E-state index in [1.807, 2.05) is 53.4 Å². The van der Waals surface area contributed by atoms with E-state index in [1.165, 1.54) is 4.90 Å². The number of amides is 1. The van der Waals surface area contributed by atoms with Crippen LogP contribution in [0.1, 0.15) is 24.5 Å². The van der Waals surface area contributed by atoms with Gasteiger partial charge in [0.1, 0.15) is 5.70 Å². The maximum atomic E-state index is 12.3. The van der Waals surface area contributed by atoms with Crippen LogP contribution in [0.3, 0.4) is 0 Å². The number of aromatic nitrogens is 1. The Morgan fingerprint density at radius 1 is 1.32 bits per heavy atom. The first-order chi connectivity index (χ1) is 13.4. The van der Waals surface area contributed by atoms with Gasteiger partial charge in [-0.1, -0.05) is 24.3 Å². The van der Waals surface area contributed by atoms with Gasteiger partial charge in [-0.3, -0.25) is 4.79 Å². The molecule has 4 rings (SSSR count). The van der Waals surface area contributed by atoms with Crippen LogP contribution in [0.2, 0.25) is 0 Å². The van der Waals surface area contributed by atoms with E-state index in [2.05, 4.69) is 0 Å². The summed E-state index contributed by atoms with van der Waals surface area (Å²) < 4.78 is 1.97. The quantitative estimate of drug-likeness (QED) is 0.530. The number of hydrogen-bond acceptors (Lipinski definition) is 4. The molecule has 2 aliphatic rings. The van der Waals surface area contributed by atoms with E-state index in [-0.39, 0.29) is 17.6 Å². The van der Waals surface area contributed by atoms with Gasteiger partial charge in [0.25, 0.3) is 0 Å². The SMILES string of the molecule is C[C@@H](O)[C@H]1C(=O)N2C(C(=O)O)=C(c3ccc(C[n+]4cccc(N)c4)cc3)C[C@H]12. The van der Waals surface area contributed by atoms with Crippen LogP contribution in [0.5, 0.6) is 0 Å². The lowest BCUT2D eigenvalue weighted by molar-refractivity contribution is -0.687. The van der Waals surface area contributed by atoms with Crippen LogP contribution >= 0.6 is 0 Å². The number of nitrogens with zero attached hydrogens (tertiary/aromatic N) is 2. The van der Waals surface area contributed by atoms with Crippen molar-refractivity contribution in [1.82, 2.24) is 4.90 Å². The Balaban J connectivity index is 1.60. The van der Waals surface area contributed by atoms with Gasteiger partial charge in [-0.15, -0.1) is 0 Å². The summed E-state index contributed by atoms with van der Waals surface area (Å²) in [7, 11) is 0. The summed E-state index contributed by atoms with van der Waals surface area (Å²) in [5.41, 5.74) is 8.99. The minimum absolute atomic E-state index is 0.0323. The Kier molecular flexibility index (Phi) is 4.39. The molecule has 1 aromatic carbocycles. The number of fused-ring (bicyclic) bond motifs is 1. The molecule has 2 aliphatic heterocycles. The molecule has 7 nitrogen and oxygen atoms in total. The zero-order chi connectivity index (χ0) is 20.0. The first kappa shape index (κ1) is 18.2. The van der Waals surface area contributed by atoms with E-state index >= 15 is 0 Å². The lowest BCUT2D eigenvalue weighted by atomic mass is 9.82. The molecule has 0 radical (unpaired) electrons. The van der Waals surface area contributed by atoms with Crippen LogP contribution in [0.15, 0.2) is 54.5 Å². The highest BCUT2D eigenvalue weighted by atomic mass is 16.4. The molecule has 28 heavy (non-hydrogen) atoms. The number of pyridine rings is 1. The molecule has 4 N–H and O–H groups in total. The van der Waals surface area contributed by atoms with E-state index in [4.69, 9.17) is 5.73 Å². The summed E-state index contributed by atoms with van der Waals surface area (Å²) in [6.07, 6.45) is 3.43. The molecule has 1 amide bonds. The van der Waals surface area contributed by atoms with Crippen molar-refractivity contribution in [2.24, 2.45) is 5.92 Å². The largest absolute Gasteiger partial charge is 0.477 e. The third kappa shape index (κ3) is 2.93. The summed E-state index contributed by atoms with van der Waals surface area (Å²) in [6.45, 7) is 2.22. The van der Waals surface area contributed by atoms with Crippen LogP contribution in [0.4, 0.5) is 5.69 Å². The minimum atomic E-state index is -1.12. The topological polar surface area (TPSA) is 108 Å². The highest BCUT2D eigenvalue weighted by Crippen LogP contribution is 2.46. The number of aliphatic carboxylic acids is 1. The van der Waals surface area contributed by atoms with Crippen LogP contribution in [-0.4, -0.2) is 39.1 Å². The fourth-order valence-corrected chi connectivity index (χ4v) is 4.19. The lowest BCUT2D eigenvalue weighted by Gasteiger charge is -2.44. The summed E-state index contributed by atoms with van der Waals surface area (Å²) in [5, 5.41) is 19.5. The van der Waals surface area contributed by atoms with Crippen LogP contribution in [0.25, 0.3) is 5.57 Å². The lowest BCUT2D eigenvalue weighted by Crippen LogP contribution is -2.61. The number of carboxylic acids is 1. The summed E-state index contributed by atoms with van der Waals surface area (Å²) >= 11 is 0. The van der Waals surface area contributed by atoms with Gasteiger partial charge in [0.05, 0.1) is 23.8 Å². The van der Waals surface area contributed by atoms with Gasteiger partial charge in [-0.05, 0) is 30.5 Å². The third-order valence-electron chi connectivity index (χ3n) is 5.48. The van der Waals surface area contributed by atoms with Crippen molar-refractivity contribution in [3.63, 3.8) is 0 Å². The minimum Gasteiger partial charge on any atom is -0.477 e. The summed E-state index contributed by atoms with van der Waals surface area (Å²) in [6, 6.07) is 11.1. The Bertz CT molecular complexity index is 981.